The first-order valence-electron chi connectivity index (χ1n) is 4.06. The van der Waals surface area contributed by atoms with Crippen LogP contribution in [0.15, 0.2) is 6.20 Å². The molecule has 1 aromatic rings. The van der Waals surface area contributed by atoms with E-state index in [0.717, 1.165) is 5.69 Å². The SMILES string of the molecule is Nc1[nH]ncc1NCCOCCO. The van der Waals surface area contributed by atoms with Crippen molar-refractivity contribution < 1.29 is 9.84 Å². The number of hydrogen-bond donors (Lipinski definition) is 4. The number of nitrogens with zero attached hydrogens (tertiary/aromatic N) is 1. The lowest BCUT2D eigenvalue weighted by Gasteiger charge is -2.04. The molecule has 0 aliphatic rings. The molecule has 0 aromatic carbocycles. The third kappa shape index (κ3) is 3.30. The van der Waals surface area contributed by atoms with Crippen LogP contribution in [-0.2, 0) is 4.74 Å². The lowest BCUT2D eigenvalue weighted by atomic mass is 10.5. The van der Waals surface area contributed by atoms with Crippen LogP contribution in [0, 0.1) is 0 Å². The van der Waals surface area contributed by atoms with E-state index in [4.69, 9.17) is 15.6 Å². The Bertz CT molecular complexity index is 238. The normalized spacial score (nSPS) is 10.2. The maximum atomic E-state index is 8.41. The van der Waals surface area contributed by atoms with Crippen LogP contribution in [0.25, 0.3) is 0 Å². The van der Waals surface area contributed by atoms with Crippen LogP contribution in [0.3, 0.4) is 0 Å². The number of nitrogen functional groups attached to an aromatic ring is 1. The molecule has 0 amide bonds. The average molecular weight is 186 g/mol. The van der Waals surface area contributed by atoms with Gasteiger partial charge in [0, 0.05) is 6.54 Å². The van der Waals surface area contributed by atoms with Crippen molar-refractivity contribution in [3.05, 3.63) is 6.20 Å². The summed E-state index contributed by atoms with van der Waals surface area (Å²) in [5.74, 6) is 0.516. The highest BCUT2D eigenvalue weighted by molar-refractivity contribution is 5.59. The maximum Gasteiger partial charge on any atom is 0.142 e. The summed E-state index contributed by atoms with van der Waals surface area (Å²) in [6.45, 7) is 1.59. The summed E-state index contributed by atoms with van der Waals surface area (Å²) >= 11 is 0. The van der Waals surface area contributed by atoms with Crippen molar-refractivity contribution in [2.45, 2.75) is 0 Å². The number of anilines is 2. The first-order chi connectivity index (χ1) is 6.34. The van der Waals surface area contributed by atoms with Gasteiger partial charge in [-0.05, 0) is 0 Å². The van der Waals surface area contributed by atoms with Crippen LogP contribution in [0.4, 0.5) is 11.5 Å². The van der Waals surface area contributed by atoms with Crippen LogP contribution >= 0.6 is 0 Å². The van der Waals surface area contributed by atoms with Crippen molar-refractivity contribution in [2.24, 2.45) is 0 Å². The molecule has 0 radical (unpaired) electrons. The molecular weight excluding hydrogens is 172 g/mol. The molecule has 6 nitrogen and oxygen atoms in total. The Morgan fingerprint density at radius 3 is 3.08 bits per heavy atom. The molecule has 13 heavy (non-hydrogen) atoms. The molecule has 6 heteroatoms. The fraction of sp³-hybridized carbons (Fsp3) is 0.571. The van der Waals surface area contributed by atoms with Gasteiger partial charge < -0.3 is 20.9 Å². The minimum absolute atomic E-state index is 0.0495. The van der Waals surface area contributed by atoms with Gasteiger partial charge >= 0.3 is 0 Å². The van der Waals surface area contributed by atoms with E-state index in [9.17, 15) is 0 Å². The van der Waals surface area contributed by atoms with Crippen molar-refractivity contribution >= 4 is 11.5 Å². The first kappa shape index (κ1) is 9.82. The molecule has 0 aliphatic heterocycles. The molecule has 1 rings (SSSR count). The third-order valence-corrected chi connectivity index (χ3v) is 1.47. The summed E-state index contributed by atoms with van der Waals surface area (Å²) < 4.78 is 5.04. The van der Waals surface area contributed by atoms with E-state index in [1.54, 1.807) is 6.20 Å². The number of rotatable bonds is 6. The second kappa shape index (κ2) is 5.39. The number of ether oxygens (including phenoxy) is 1. The van der Waals surface area contributed by atoms with Crippen molar-refractivity contribution in [1.29, 1.82) is 0 Å². The van der Waals surface area contributed by atoms with Crippen molar-refractivity contribution in [2.75, 3.05) is 37.4 Å². The fourth-order valence-corrected chi connectivity index (χ4v) is 0.861. The molecule has 0 spiro atoms. The predicted octanol–water partition coefficient (Wildman–Crippen LogP) is -0.587. The van der Waals surface area contributed by atoms with Crippen LogP contribution in [0.5, 0.6) is 0 Å². The highest BCUT2D eigenvalue weighted by Gasteiger charge is 1.98. The predicted molar refractivity (Wildman–Crippen MR) is 49.4 cm³/mol. The Morgan fingerprint density at radius 2 is 2.46 bits per heavy atom. The van der Waals surface area contributed by atoms with Gasteiger partial charge in [-0.1, -0.05) is 0 Å². The molecule has 0 bridgehead atoms. The number of aromatic nitrogens is 2. The topological polar surface area (TPSA) is 96.2 Å². The number of aliphatic hydroxyl groups excluding tert-OH is 1. The molecule has 0 saturated carbocycles. The van der Waals surface area contributed by atoms with Crippen LogP contribution < -0.4 is 11.1 Å². The van der Waals surface area contributed by atoms with Gasteiger partial charge in [0.15, 0.2) is 0 Å². The number of aromatic amines is 1. The third-order valence-electron chi connectivity index (χ3n) is 1.47. The van der Waals surface area contributed by atoms with Crippen LogP contribution in [-0.4, -0.2) is 41.7 Å². The van der Waals surface area contributed by atoms with E-state index in [2.05, 4.69) is 15.5 Å². The number of nitrogens with two attached hydrogens (primary N) is 1. The lowest BCUT2D eigenvalue weighted by Crippen LogP contribution is -2.11. The van der Waals surface area contributed by atoms with Gasteiger partial charge in [0.25, 0.3) is 0 Å². The molecule has 0 atom stereocenters. The second-order valence-electron chi connectivity index (χ2n) is 2.46. The Kier molecular flexibility index (Phi) is 4.07. The minimum Gasteiger partial charge on any atom is -0.394 e. The zero-order valence-corrected chi connectivity index (χ0v) is 7.29. The summed E-state index contributed by atoms with van der Waals surface area (Å²) in [4.78, 5) is 0. The van der Waals surface area contributed by atoms with Crippen LogP contribution in [0.1, 0.15) is 0 Å². The van der Waals surface area contributed by atoms with E-state index < -0.39 is 0 Å². The van der Waals surface area contributed by atoms with Gasteiger partial charge in [-0.15, -0.1) is 0 Å². The van der Waals surface area contributed by atoms with E-state index in [1.807, 2.05) is 0 Å². The molecule has 5 N–H and O–H groups in total. The maximum absolute atomic E-state index is 8.41. The molecule has 74 valence electrons. The molecule has 0 fully saturated rings. The number of nitrogens with one attached hydrogen (secondary N) is 2. The van der Waals surface area contributed by atoms with E-state index in [1.165, 1.54) is 0 Å². The summed E-state index contributed by atoms with van der Waals surface area (Å²) in [6.07, 6.45) is 1.61. The summed E-state index contributed by atoms with van der Waals surface area (Å²) in [6, 6.07) is 0. The van der Waals surface area contributed by atoms with Crippen molar-refractivity contribution in [1.82, 2.24) is 10.2 Å². The Morgan fingerprint density at radius 1 is 1.62 bits per heavy atom. The second-order valence-corrected chi connectivity index (χ2v) is 2.46. The number of H-pyrrole nitrogens is 1. The monoisotopic (exact) mass is 186 g/mol. The quantitative estimate of drug-likeness (QED) is 0.445. The molecule has 1 heterocycles. The molecule has 0 unspecified atom stereocenters. The Hall–Kier alpha value is -1.27. The lowest BCUT2D eigenvalue weighted by molar-refractivity contribution is 0.0992. The van der Waals surface area contributed by atoms with Crippen molar-refractivity contribution in [3.8, 4) is 0 Å². The standard InChI is InChI=1S/C7H14N4O2/c8-7-6(5-10-11-7)9-1-3-13-4-2-12/h5,9,12H,1-4H2,(H3,8,10,11). The summed E-state index contributed by atoms with van der Waals surface area (Å²) in [7, 11) is 0. The molecule has 1 aromatic heterocycles. The number of aliphatic hydroxyl groups is 1. The smallest absolute Gasteiger partial charge is 0.142 e. The zero-order valence-electron chi connectivity index (χ0n) is 7.29. The summed E-state index contributed by atoms with van der Waals surface area (Å²) in [5.41, 5.74) is 6.29. The van der Waals surface area contributed by atoms with Gasteiger partial charge in [0.05, 0.1) is 31.7 Å². The van der Waals surface area contributed by atoms with E-state index in [-0.39, 0.29) is 6.61 Å². The van der Waals surface area contributed by atoms with E-state index >= 15 is 0 Å². The van der Waals surface area contributed by atoms with Gasteiger partial charge in [0.2, 0.25) is 0 Å². The van der Waals surface area contributed by atoms with Gasteiger partial charge in [0.1, 0.15) is 5.82 Å². The van der Waals surface area contributed by atoms with Crippen molar-refractivity contribution in [3.63, 3.8) is 0 Å². The molecule has 0 aliphatic carbocycles. The van der Waals surface area contributed by atoms with Gasteiger partial charge in [-0.3, -0.25) is 5.10 Å². The fourth-order valence-electron chi connectivity index (χ4n) is 0.861. The molecular formula is C7H14N4O2. The van der Waals surface area contributed by atoms with E-state index in [0.29, 0.717) is 25.6 Å². The highest BCUT2D eigenvalue weighted by atomic mass is 16.5. The average Bonchev–Trinajstić information content (AvgIpc) is 2.52. The summed E-state index contributed by atoms with van der Waals surface area (Å²) in [5, 5.41) is 17.8. The Balaban J connectivity index is 2.10. The highest BCUT2D eigenvalue weighted by Crippen LogP contribution is 2.11. The van der Waals surface area contributed by atoms with Gasteiger partial charge in [-0.25, -0.2) is 0 Å². The number of hydrogen-bond acceptors (Lipinski definition) is 5. The van der Waals surface area contributed by atoms with Crippen LogP contribution in [0.2, 0.25) is 0 Å². The zero-order chi connectivity index (χ0) is 9.52. The minimum atomic E-state index is 0.0495. The molecule has 0 saturated heterocycles. The van der Waals surface area contributed by atoms with Gasteiger partial charge in [-0.2, -0.15) is 5.10 Å². The largest absolute Gasteiger partial charge is 0.394 e. The first-order valence-corrected chi connectivity index (χ1v) is 4.06. The Labute approximate surface area is 76.1 Å².